The number of carboxylic acids is 1. The molecule has 0 bridgehead atoms. The Hall–Kier alpha value is -0.600. The van der Waals surface area contributed by atoms with E-state index < -0.39 is 12.1 Å². The molecule has 0 fully saturated rings. The highest BCUT2D eigenvalue weighted by molar-refractivity contribution is 5.72. The van der Waals surface area contributed by atoms with Crippen molar-refractivity contribution in [1.82, 2.24) is 0 Å². The lowest BCUT2D eigenvalue weighted by molar-refractivity contribution is -0.143. The van der Waals surface area contributed by atoms with E-state index in [1.165, 1.54) is 0 Å². The lowest BCUT2D eigenvalue weighted by Crippen LogP contribution is -2.21. The molecule has 0 saturated carbocycles. The minimum Gasteiger partial charge on any atom is -0.479 e. The van der Waals surface area contributed by atoms with E-state index in [0.29, 0.717) is 0 Å². The van der Waals surface area contributed by atoms with E-state index in [4.69, 9.17) is 5.11 Å². The smallest absolute Gasteiger partial charge is 0.338 e. The topological polar surface area (TPSA) is 37.3 Å². The van der Waals surface area contributed by atoms with Gasteiger partial charge in [-0.15, -0.1) is 0 Å². The highest BCUT2D eigenvalue weighted by atomic mass is 19.1. The molecule has 0 aliphatic rings. The van der Waals surface area contributed by atoms with Crippen molar-refractivity contribution in [3.05, 3.63) is 0 Å². The molecule has 0 aliphatic carbocycles. The molecule has 0 aromatic carbocycles. The van der Waals surface area contributed by atoms with Gasteiger partial charge in [0.15, 0.2) is 6.17 Å². The summed E-state index contributed by atoms with van der Waals surface area (Å²) in [6.07, 6.45) is -1.65. The van der Waals surface area contributed by atoms with Crippen LogP contribution in [0.1, 0.15) is 27.2 Å². The zero-order valence-electron chi connectivity index (χ0n) is 6.52. The predicted octanol–water partition coefficient (Wildman–Crippen LogP) is 1.85. The Bertz CT molecular complexity index is 126. The summed E-state index contributed by atoms with van der Waals surface area (Å²) in [4.78, 5) is 10.0. The Kier molecular flexibility index (Phi) is 2.81. The second kappa shape index (κ2) is 2.99. The molecule has 2 nitrogen and oxygen atoms in total. The summed E-state index contributed by atoms with van der Waals surface area (Å²) in [5.41, 5.74) is -0.252. The van der Waals surface area contributed by atoms with Gasteiger partial charge in [0.05, 0.1) is 0 Å². The minimum absolute atomic E-state index is 0.0718. The number of hydrogen-bond donors (Lipinski definition) is 1. The molecular weight excluding hydrogens is 135 g/mol. The summed E-state index contributed by atoms with van der Waals surface area (Å²) >= 11 is 0. The molecule has 0 spiro atoms. The van der Waals surface area contributed by atoms with Gasteiger partial charge in [0.25, 0.3) is 0 Å². The van der Waals surface area contributed by atoms with Crippen LogP contribution < -0.4 is 0 Å². The van der Waals surface area contributed by atoms with E-state index in [0.717, 1.165) is 0 Å². The molecule has 0 aliphatic heterocycles. The van der Waals surface area contributed by atoms with Crippen LogP contribution in [-0.2, 0) is 4.79 Å². The molecule has 0 aromatic heterocycles. The van der Waals surface area contributed by atoms with Gasteiger partial charge in [0.2, 0.25) is 0 Å². The fraction of sp³-hybridized carbons (Fsp3) is 0.857. The van der Waals surface area contributed by atoms with Gasteiger partial charge in [-0.2, -0.15) is 0 Å². The summed E-state index contributed by atoms with van der Waals surface area (Å²) in [5, 5.41) is 8.17. The normalized spacial score (nSPS) is 14.8. The van der Waals surface area contributed by atoms with Crippen molar-refractivity contribution in [2.24, 2.45) is 5.41 Å². The zero-order chi connectivity index (χ0) is 8.36. The molecule has 0 saturated heterocycles. The predicted molar refractivity (Wildman–Crippen MR) is 36.6 cm³/mol. The first-order valence-electron chi connectivity index (χ1n) is 3.20. The molecule has 1 unspecified atom stereocenters. The number of halogens is 1. The Morgan fingerprint density at radius 1 is 1.60 bits per heavy atom. The Morgan fingerprint density at radius 3 is 2.10 bits per heavy atom. The van der Waals surface area contributed by atoms with Crippen LogP contribution >= 0.6 is 0 Å². The zero-order valence-corrected chi connectivity index (χ0v) is 6.52. The number of hydrogen-bond acceptors (Lipinski definition) is 1. The average Bonchev–Trinajstić information content (AvgIpc) is 1.60. The molecule has 3 heteroatoms. The van der Waals surface area contributed by atoms with Crippen LogP contribution in [0, 0.1) is 5.41 Å². The van der Waals surface area contributed by atoms with E-state index in [1.807, 2.05) is 20.8 Å². The van der Waals surface area contributed by atoms with Gasteiger partial charge >= 0.3 is 5.97 Å². The van der Waals surface area contributed by atoms with Crippen molar-refractivity contribution in [2.45, 2.75) is 33.4 Å². The molecule has 0 aromatic rings. The quantitative estimate of drug-likeness (QED) is 0.648. The maximum atomic E-state index is 12.4. The van der Waals surface area contributed by atoms with Crippen LogP contribution in [0.3, 0.4) is 0 Å². The lowest BCUT2D eigenvalue weighted by Gasteiger charge is -2.18. The third-order valence-electron chi connectivity index (χ3n) is 1.06. The molecule has 1 N–H and O–H groups in total. The highest BCUT2D eigenvalue weighted by Gasteiger charge is 2.23. The van der Waals surface area contributed by atoms with E-state index in [-0.39, 0.29) is 11.8 Å². The number of aliphatic carboxylic acids is 1. The standard InChI is InChI=1S/C7H13FO2/c1-7(2,3)4-5(8)6(9)10/h5H,4H2,1-3H3,(H,9,10). The number of rotatable bonds is 2. The molecule has 0 rings (SSSR count). The Labute approximate surface area is 60.1 Å². The summed E-state index contributed by atoms with van der Waals surface area (Å²) in [6, 6.07) is 0. The van der Waals surface area contributed by atoms with Crippen LogP contribution in [0.4, 0.5) is 4.39 Å². The van der Waals surface area contributed by atoms with Crippen LogP contribution in [-0.4, -0.2) is 17.2 Å². The Balaban J connectivity index is 3.80. The summed E-state index contributed by atoms with van der Waals surface area (Å²) in [5.74, 6) is -1.37. The Morgan fingerprint density at radius 2 is 2.00 bits per heavy atom. The summed E-state index contributed by atoms with van der Waals surface area (Å²) < 4.78 is 12.4. The first-order valence-corrected chi connectivity index (χ1v) is 3.20. The fourth-order valence-corrected chi connectivity index (χ4v) is 0.625. The monoisotopic (exact) mass is 148 g/mol. The molecular formula is C7H13FO2. The number of carbonyl (C=O) groups is 1. The van der Waals surface area contributed by atoms with Gasteiger partial charge in [-0.25, -0.2) is 9.18 Å². The first-order chi connectivity index (χ1) is 4.33. The maximum absolute atomic E-state index is 12.4. The molecule has 0 amide bonds. The van der Waals surface area contributed by atoms with Gasteiger partial charge in [-0.3, -0.25) is 0 Å². The minimum atomic E-state index is -1.72. The summed E-state index contributed by atoms with van der Waals surface area (Å²) in [6.45, 7) is 5.42. The van der Waals surface area contributed by atoms with Crippen LogP contribution in [0.25, 0.3) is 0 Å². The number of carboxylic acid groups (broad SMARTS) is 1. The van der Waals surface area contributed by atoms with Gasteiger partial charge < -0.3 is 5.11 Å². The second-order valence-electron chi connectivity index (χ2n) is 3.57. The summed E-state index contributed by atoms with van der Waals surface area (Å²) in [7, 11) is 0. The SMILES string of the molecule is CC(C)(C)CC(F)C(=O)O. The molecule has 0 radical (unpaired) electrons. The largest absolute Gasteiger partial charge is 0.479 e. The van der Waals surface area contributed by atoms with E-state index in [2.05, 4.69) is 0 Å². The fourth-order valence-electron chi connectivity index (χ4n) is 0.625. The van der Waals surface area contributed by atoms with Crippen LogP contribution in [0.15, 0.2) is 0 Å². The molecule has 0 heterocycles. The van der Waals surface area contributed by atoms with Crippen molar-refractivity contribution >= 4 is 5.97 Å². The molecule has 10 heavy (non-hydrogen) atoms. The molecule has 60 valence electrons. The van der Waals surface area contributed by atoms with Crippen molar-refractivity contribution in [3.8, 4) is 0 Å². The van der Waals surface area contributed by atoms with Gasteiger partial charge in [-0.05, 0) is 11.8 Å². The van der Waals surface area contributed by atoms with E-state index >= 15 is 0 Å². The average molecular weight is 148 g/mol. The van der Waals surface area contributed by atoms with Gasteiger partial charge in [-0.1, -0.05) is 20.8 Å². The highest BCUT2D eigenvalue weighted by Crippen LogP contribution is 2.22. The van der Waals surface area contributed by atoms with Crippen LogP contribution in [0.2, 0.25) is 0 Å². The third kappa shape index (κ3) is 4.30. The van der Waals surface area contributed by atoms with E-state index in [1.54, 1.807) is 0 Å². The van der Waals surface area contributed by atoms with Gasteiger partial charge in [0, 0.05) is 0 Å². The van der Waals surface area contributed by atoms with E-state index in [9.17, 15) is 9.18 Å². The van der Waals surface area contributed by atoms with Crippen molar-refractivity contribution in [1.29, 1.82) is 0 Å². The van der Waals surface area contributed by atoms with Crippen molar-refractivity contribution < 1.29 is 14.3 Å². The number of alkyl halides is 1. The maximum Gasteiger partial charge on any atom is 0.338 e. The van der Waals surface area contributed by atoms with Crippen LogP contribution in [0.5, 0.6) is 0 Å². The molecule has 1 atom stereocenters. The second-order valence-corrected chi connectivity index (χ2v) is 3.57. The third-order valence-corrected chi connectivity index (χ3v) is 1.06. The van der Waals surface area contributed by atoms with Crippen molar-refractivity contribution in [2.75, 3.05) is 0 Å². The van der Waals surface area contributed by atoms with Crippen molar-refractivity contribution in [3.63, 3.8) is 0 Å². The van der Waals surface area contributed by atoms with Gasteiger partial charge in [0.1, 0.15) is 0 Å². The first kappa shape index (κ1) is 9.40. The lowest BCUT2D eigenvalue weighted by atomic mass is 9.90.